The maximum absolute atomic E-state index is 9.51. The monoisotopic (exact) mass is 279 g/mol. The van der Waals surface area contributed by atoms with E-state index in [1.807, 2.05) is 37.3 Å². The highest BCUT2D eigenvalue weighted by atomic mass is 16.7. The van der Waals surface area contributed by atoms with Gasteiger partial charge in [0.05, 0.1) is 31.9 Å². The molecule has 0 bridgehead atoms. The van der Waals surface area contributed by atoms with E-state index in [1.54, 1.807) is 0 Å². The van der Waals surface area contributed by atoms with E-state index in [1.165, 1.54) is 0 Å². The number of hydrogen-bond acceptors (Lipinski definition) is 5. The molecule has 0 saturated carbocycles. The first-order valence-corrected chi connectivity index (χ1v) is 7.07. The Kier molecular flexibility index (Phi) is 4.33. The lowest BCUT2D eigenvalue weighted by molar-refractivity contribution is -0.228. The number of rotatable bonds is 4. The zero-order chi connectivity index (χ0) is 13.9. The molecule has 2 aliphatic heterocycles. The van der Waals surface area contributed by atoms with E-state index in [4.69, 9.17) is 14.2 Å². The summed E-state index contributed by atoms with van der Waals surface area (Å²) in [6.07, 6.45) is -0.450. The Hall–Kier alpha value is -0.980. The number of ether oxygens (including phenoxy) is 3. The van der Waals surface area contributed by atoms with Crippen LogP contribution >= 0.6 is 0 Å². The number of aliphatic hydroxyl groups excluding tert-OH is 1. The topological polar surface area (TPSA) is 60.0 Å². The quantitative estimate of drug-likeness (QED) is 0.848. The molecule has 20 heavy (non-hydrogen) atoms. The number of benzene rings is 1. The summed E-state index contributed by atoms with van der Waals surface area (Å²) in [5, 5.41) is 12.8. The molecule has 2 fully saturated rings. The second-order valence-corrected chi connectivity index (χ2v) is 5.33. The lowest BCUT2D eigenvalue weighted by Crippen LogP contribution is -2.47. The summed E-state index contributed by atoms with van der Waals surface area (Å²) >= 11 is 0. The number of aliphatic hydroxyl groups is 1. The van der Waals surface area contributed by atoms with Gasteiger partial charge in [-0.3, -0.25) is 0 Å². The second-order valence-electron chi connectivity index (χ2n) is 5.33. The van der Waals surface area contributed by atoms with Crippen molar-refractivity contribution in [3.05, 3.63) is 35.9 Å². The van der Waals surface area contributed by atoms with Crippen molar-refractivity contribution < 1.29 is 19.3 Å². The summed E-state index contributed by atoms with van der Waals surface area (Å²) in [6.45, 7) is 3.03. The molecule has 0 radical (unpaired) electrons. The first-order valence-electron chi connectivity index (χ1n) is 7.07. The molecule has 2 heterocycles. The predicted molar refractivity (Wildman–Crippen MR) is 73.1 cm³/mol. The van der Waals surface area contributed by atoms with E-state index in [2.05, 4.69) is 5.32 Å². The van der Waals surface area contributed by atoms with Gasteiger partial charge in [0.15, 0.2) is 6.29 Å². The predicted octanol–water partition coefficient (Wildman–Crippen LogP) is 0.666. The molecule has 0 amide bonds. The summed E-state index contributed by atoms with van der Waals surface area (Å²) in [5.74, 6) is 0. The fourth-order valence-corrected chi connectivity index (χ4v) is 2.87. The Morgan fingerprint density at radius 2 is 2.15 bits per heavy atom. The van der Waals surface area contributed by atoms with Gasteiger partial charge < -0.3 is 24.6 Å². The average Bonchev–Trinajstić information content (AvgIpc) is 2.83. The zero-order valence-electron chi connectivity index (χ0n) is 11.6. The van der Waals surface area contributed by atoms with Crippen molar-refractivity contribution in [2.75, 3.05) is 13.2 Å². The van der Waals surface area contributed by atoms with Crippen LogP contribution in [-0.4, -0.2) is 48.9 Å². The maximum Gasteiger partial charge on any atom is 0.155 e. The minimum atomic E-state index is -0.224. The van der Waals surface area contributed by atoms with E-state index in [-0.39, 0.29) is 37.2 Å². The van der Waals surface area contributed by atoms with Gasteiger partial charge in [-0.25, -0.2) is 0 Å². The van der Waals surface area contributed by atoms with Crippen molar-refractivity contribution in [2.24, 2.45) is 0 Å². The third kappa shape index (κ3) is 2.87. The van der Waals surface area contributed by atoms with Crippen LogP contribution in [0.4, 0.5) is 0 Å². The molecule has 0 aliphatic carbocycles. The highest BCUT2D eigenvalue weighted by Gasteiger charge is 2.47. The molecule has 2 N–H and O–H groups in total. The van der Waals surface area contributed by atoms with Gasteiger partial charge >= 0.3 is 0 Å². The van der Waals surface area contributed by atoms with Gasteiger partial charge in [-0.2, -0.15) is 0 Å². The molecule has 2 saturated heterocycles. The summed E-state index contributed by atoms with van der Waals surface area (Å²) < 4.78 is 17.3. The lowest BCUT2D eigenvalue weighted by atomic mass is 10.1. The molecular formula is C15H21NO4. The second kappa shape index (κ2) is 6.20. The highest BCUT2D eigenvalue weighted by molar-refractivity contribution is 5.13. The lowest BCUT2D eigenvalue weighted by Gasteiger charge is -2.33. The van der Waals surface area contributed by atoms with Gasteiger partial charge in [0.25, 0.3) is 0 Å². The van der Waals surface area contributed by atoms with Crippen molar-refractivity contribution >= 4 is 0 Å². The normalized spacial score (nSPS) is 36.8. The minimum Gasteiger partial charge on any atom is -0.395 e. The van der Waals surface area contributed by atoms with E-state index in [0.29, 0.717) is 13.2 Å². The van der Waals surface area contributed by atoms with Gasteiger partial charge in [-0.15, -0.1) is 0 Å². The van der Waals surface area contributed by atoms with Gasteiger partial charge in [0, 0.05) is 0 Å². The molecule has 5 heteroatoms. The van der Waals surface area contributed by atoms with Crippen LogP contribution in [-0.2, 0) is 20.8 Å². The van der Waals surface area contributed by atoms with Gasteiger partial charge in [0.1, 0.15) is 12.2 Å². The fraction of sp³-hybridized carbons (Fsp3) is 0.600. The van der Waals surface area contributed by atoms with Crippen LogP contribution in [0.15, 0.2) is 30.3 Å². The Balaban J connectivity index is 1.66. The van der Waals surface area contributed by atoms with Crippen LogP contribution in [0, 0.1) is 0 Å². The fourth-order valence-electron chi connectivity index (χ4n) is 2.87. The van der Waals surface area contributed by atoms with E-state index in [0.717, 1.165) is 5.56 Å². The summed E-state index contributed by atoms with van der Waals surface area (Å²) in [7, 11) is 0. The van der Waals surface area contributed by atoms with Crippen LogP contribution in [0.1, 0.15) is 12.5 Å². The Labute approximate surface area is 118 Å². The molecule has 110 valence electrons. The molecule has 5 nitrogen and oxygen atoms in total. The first-order chi connectivity index (χ1) is 9.78. The molecule has 1 aromatic carbocycles. The van der Waals surface area contributed by atoms with Crippen LogP contribution in [0.3, 0.4) is 0 Å². The Morgan fingerprint density at radius 1 is 1.35 bits per heavy atom. The summed E-state index contributed by atoms with van der Waals surface area (Å²) in [5.41, 5.74) is 1.12. The van der Waals surface area contributed by atoms with E-state index >= 15 is 0 Å². The molecule has 2 aliphatic rings. The van der Waals surface area contributed by atoms with Crippen LogP contribution in [0.5, 0.6) is 0 Å². The van der Waals surface area contributed by atoms with Crippen LogP contribution in [0.25, 0.3) is 0 Å². The zero-order valence-corrected chi connectivity index (χ0v) is 11.6. The maximum atomic E-state index is 9.51. The number of fused-ring (bicyclic) bond motifs is 1. The molecule has 5 atom stereocenters. The number of hydrogen-bond donors (Lipinski definition) is 2. The highest BCUT2D eigenvalue weighted by Crippen LogP contribution is 2.27. The molecule has 1 aromatic rings. The van der Waals surface area contributed by atoms with Gasteiger partial charge in [0.2, 0.25) is 0 Å². The Morgan fingerprint density at radius 3 is 2.90 bits per heavy atom. The minimum absolute atomic E-state index is 0.0319. The standard InChI is InChI=1S/C15H21NO4/c1-10-18-9-13-15(20-10)14(12(7-17)16-13)19-8-11-5-3-2-4-6-11/h2-6,10,12-17H,7-9H2,1H3/t10-,12-,13+,14+,15-/m1/s1. The van der Waals surface area contributed by atoms with Crippen molar-refractivity contribution in [1.29, 1.82) is 0 Å². The van der Waals surface area contributed by atoms with E-state index < -0.39 is 0 Å². The molecular weight excluding hydrogens is 258 g/mol. The van der Waals surface area contributed by atoms with Crippen molar-refractivity contribution in [3.63, 3.8) is 0 Å². The summed E-state index contributed by atoms with van der Waals surface area (Å²) in [6, 6.07) is 10.0. The number of nitrogens with one attached hydrogen (secondary N) is 1. The molecule has 0 unspecified atom stereocenters. The Bertz CT molecular complexity index is 427. The van der Waals surface area contributed by atoms with Crippen molar-refractivity contribution in [1.82, 2.24) is 5.32 Å². The molecule has 3 rings (SSSR count). The van der Waals surface area contributed by atoms with Crippen molar-refractivity contribution in [2.45, 2.75) is 44.1 Å². The third-order valence-corrected chi connectivity index (χ3v) is 3.89. The molecule has 0 spiro atoms. The van der Waals surface area contributed by atoms with Gasteiger partial charge in [-0.1, -0.05) is 30.3 Å². The smallest absolute Gasteiger partial charge is 0.155 e. The third-order valence-electron chi connectivity index (χ3n) is 3.89. The SMILES string of the molecule is C[C@@H]1OC[C@@H]2N[C@H](CO)[C@H](OCc3ccccc3)[C@@H]2O1. The van der Waals surface area contributed by atoms with Crippen LogP contribution in [0.2, 0.25) is 0 Å². The van der Waals surface area contributed by atoms with Crippen molar-refractivity contribution in [3.8, 4) is 0 Å². The van der Waals surface area contributed by atoms with Crippen LogP contribution < -0.4 is 5.32 Å². The molecule has 0 aromatic heterocycles. The van der Waals surface area contributed by atoms with E-state index in [9.17, 15) is 5.11 Å². The first kappa shape index (κ1) is 14.0. The van der Waals surface area contributed by atoms with Gasteiger partial charge in [-0.05, 0) is 12.5 Å². The largest absolute Gasteiger partial charge is 0.395 e. The summed E-state index contributed by atoms with van der Waals surface area (Å²) in [4.78, 5) is 0. The average molecular weight is 279 g/mol.